The van der Waals surface area contributed by atoms with Crippen LogP contribution in [0.3, 0.4) is 0 Å². The molecular formula is C23H30O7. The number of aliphatic hydroxyl groups is 2. The van der Waals surface area contributed by atoms with Gasteiger partial charge in [0.15, 0.2) is 12.4 Å². The van der Waals surface area contributed by atoms with Gasteiger partial charge in [-0.3, -0.25) is 19.2 Å². The second kappa shape index (κ2) is 6.82. The van der Waals surface area contributed by atoms with E-state index in [2.05, 4.69) is 0 Å². The molecule has 7 nitrogen and oxygen atoms in total. The molecule has 30 heavy (non-hydrogen) atoms. The maximum absolute atomic E-state index is 13.5. The predicted octanol–water partition coefficient (Wildman–Crippen LogP) is 1.53. The van der Waals surface area contributed by atoms with Gasteiger partial charge >= 0.3 is 5.97 Å². The van der Waals surface area contributed by atoms with E-state index in [0.717, 1.165) is 0 Å². The summed E-state index contributed by atoms with van der Waals surface area (Å²) in [5.41, 5.74) is -2.62. The van der Waals surface area contributed by atoms with Crippen LogP contribution in [0, 0.1) is 28.6 Å². The van der Waals surface area contributed by atoms with Crippen LogP contribution in [0.5, 0.6) is 0 Å². The summed E-state index contributed by atoms with van der Waals surface area (Å²) in [5.74, 6) is -1.81. The fourth-order valence-electron chi connectivity index (χ4n) is 7.19. The lowest BCUT2D eigenvalue weighted by Crippen LogP contribution is -2.62. The topological polar surface area (TPSA) is 118 Å². The lowest BCUT2D eigenvalue weighted by molar-refractivity contribution is -0.175. The Morgan fingerprint density at radius 1 is 1.23 bits per heavy atom. The van der Waals surface area contributed by atoms with Crippen LogP contribution < -0.4 is 0 Å². The third-order valence-corrected chi connectivity index (χ3v) is 8.69. The minimum atomic E-state index is -1.74. The Bertz CT molecular complexity index is 860. The van der Waals surface area contributed by atoms with Crippen molar-refractivity contribution in [2.45, 2.75) is 71.0 Å². The minimum Gasteiger partial charge on any atom is -0.458 e. The number of rotatable bonds is 3. The second-order valence-electron chi connectivity index (χ2n) is 10.1. The van der Waals surface area contributed by atoms with Gasteiger partial charge in [0.1, 0.15) is 11.4 Å². The number of esters is 1. The summed E-state index contributed by atoms with van der Waals surface area (Å²) >= 11 is 0. The van der Waals surface area contributed by atoms with E-state index < -0.39 is 40.9 Å². The van der Waals surface area contributed by atoms with Crippen LogP contribution in [0.2, 0.25) is 0 Å². The van der Waals surface area contributed by atoms with Crippen LogP contribution in [-0.4, -0.2) is 51.8 Å². The second-order valence-corrected chi connectivity index (χ2v) is 10.1. The van der Waals surface area contributed by atoms with E-state index in [-0.39, 0.29) is 42.2 Å². The van der Waals surface area contributed by atoms with Crippen molar-refractivity contribution in [2.75, 3.05) is 6.61 Å². The first-order valence-corrected chi connectivity index (χ1v) is 10.8. The van der Waals surface area contributed by atoms with E-state index >= 15 is 0 Å². The van der Waals surface area contributed by atoms with Gasteiger partial charge in [-0.2, -0.15) is 0 Å². The Hall–Kier alpha value is -1.86. The van der Waals surface area contributed by atoms with E-state index in [1.807, 2.05) is 6.92 Å². The molecule has 4 aliphatic rings. The maximum atomic E-state index is 13.5. The zero-order valence-corrected chi connectivity index (χ0v) is 17.8. The van der Waals surface area contributed by atoms with Crippen LogP contribution in [0.25, 0.3) is 0 Å². The summed E-state index contributed by atoms with van der Waals surface area (Å²) in [6.45, 7) is 4.45. The number of Topliss-reactive ketones (excluding diaryl/α,β-unsaturated/α-hetero) is 2. The van der Waals surface area contributed by atoms with Crippen molar-refractivity contribution in [1.29, 1.82) is 0 Å². The van der Waals surface area contributed by atoms with Crippen LogP contribution >= 0.6 is 0 Å². The molecule has 0 bridgehead atoms. The van der Waals surface area contributed by atoms with Gasteiger partial charge < -0.3 is 14.9 Å². The standard InChI is InChI=1S/C23H30O7/c1-12(24)30-11-19(28)23(29)7-5-15-14-9-17(26)16-8-13(25)4-6-21(16,2)20(14)18(27)10-22(15,23)3/h8,14-15,17,20,26,29H,4-7,9-11H2,1-3H3/t14-,15-,17+,20+,21-,22-,23-/m0/s1. The highest BCUT2D eigenvalue weighted by atomic mass is 16.5. The molecule has 0 saturated heterocycles. The Morgan fingerprint density at radius 3 is 2.60 bits per heavy atom. The highest BCUT2D eigenvalue weighted by molar-refractivity contribution is 5.95. The van der Waals surface area contributed by atoms with Gasteiger partial charge in [0.25, 0.3) is 0 Å². The van der Waals surface area contributed by atoms with Crippen LogP contribution in [0.15, 0.2) is 11.6 Å². The third-order valence-electron chi connectivity index (χ3n) is 8.69. The molecule has 4 aliphatic carbocycles. The van der Waals surface area contributed by atoms with Crippen LogP contribution in [-0.2, 0) is 23.9 Å². The molecule has 164 valence electrons. The number of ketones is 3. The molecule has 0 aromatic carbocycles. The molecular weight excluding hydrogens is 388 g/mol. The van der Waals surface area contributed by atoms with Gasteiger partial charge in [0.05, 0.1) is 6.10 Å². The SMILES string of the molecule is CC(=O)OCC(=O)[C@@]1(O)CC[C@H]2[C@@H]3C[C@@H](O)C4=CC(=O)CC[C@]4(C)[C@H]3C(=O)C[C@@]21C. The van der Waals surface area contributed by atoms with Gasteiger partial charge in [-0.25, -0.2) is 0 Å². The van der Waals surface area contributed by atoms with Crippen molar-refractivity contribution in [3.8, 4) is 0 Å². The molecule has 0 radical (unpaired) electrons. The van der Waals surface area contributed by atoms with Gasteiger partial charge in [0.2, 0.25) is 5.78 Å². The van der Waals surface area contributed by atoms with E-state index in [9.17, 15) is 29.4 Å². The zero-order valence-electron chi connectivity index (χ0n) is 17.8. The highest BCUT2D eigenvalue weighted by Gasteiger charge is 2.69. The van der Waals surface area contributed by atoms with E-state index in [1.165, 1.54) is 13.0 Å². The first-order chi connectivity index (χ1) is 13.9. The first-order valence-electron chi connectivity index (χ1n) is 10.8. The summed E-state index contributed by atoms with van der Waals surface area (Å²) in [6.07, 6.45) is 2.79. The van der Waals surface area contributed by atoms with Crippen molar-refractivity contribution >= 4 is 23.3 Å². The van der Waals surface area contributed by atoms with Crippen LogP contribution in [0.1, 0.15) is 59.3 Å². The Kier molecular flexibility index (Phi) is 4.86. The highest BCUT2D eigenvalue weighted by Crippen LogP contribution is 2.66. The molecule has 3 saturated carbocycles. The van der Waals surface area contributed by atoms with E-state index in [1.54, 1.807) is 6.92 Å². The molecule has 0 aromatic heterocycles. The number of hydrogen-bond donors (Lipinski definition) is 2. The number of aliphatic hydroxyl groups excluding tert-OH is 1. The van der Waals surface area contributed by atoms with E-state index in [0.29, 0.717) is 31.3 Å². The average Bonchev–Trinajstić information content (AvgIpc) is 2.93. The molecule has 0 aromatic rings. The van der Waals surface area contributed by atoms with Crippen molar-refractivity contribution in [3.63, 3.8) is 0 Å². The zero-order chi connectivity index (χ0) is 22.1. The lowest BCUT2D eigenvalue weighted by Gasteiger charge is -2.58. The smallest absolute Gasteiger partial charge is 0.303 e. The van der Waals surface area contributed by atoms with E-state index in [4.69, 9.17) is 4.74 Å². The largest absolute Gasteiger partial charge is 0.458 e. The molecule has 7 heteroatoms. The molecule has 2 N–H and O–H groups in total. The fraction of sp³-hybridized carbons (Fsp3) is 0.739. The normalized spacial score (nSPS) is 45.2. The molecule has 0 unspecified atom stereocenters. The van der Waals surface area contributed by atoms with Gasteiger partial charge in [-0.15, -0.1) is 0 Å². The molecule has 0 amide bonds. The quantitative estimate of drug-likeness (QED) is 0.667. The van der Waals surface area contributed by atoms with Gasteiger partial charge in [-0.1, -0.05) is 13.8 Å². The Morgan fingerprint density at radius 2 is 1.93 bits per heavy atom. The molecule has 3 fully saturated rings. The monoisotopic (exact) mass is 418 g/mol. The number of carbonyl (C=O) groups excluding carboxylic acids is 4. The summed E-state index contributed by atoms with van der Waals surface area (Å²) in [4.78, 5) is 49.5. The summed E-state index contributed by atoms with van der Waals surface area (Å²) in [6, 6.07) is 0. The van der Waals surface area contributed by atoms with Crippen molar-refractivity contribution in [3.05, 3.63) is 11.6 Å². The number of ether oxygens (including phenoxy) is 1. The number of hydrogen-bond acceptors (Lipinski definition) is 7. The summed E-state index contributed by atoms with van der Waals surface area (Å²) in [5, 5.41) is 22.3. The first kappa shape index (κ1) is 21.4. The molecule has 0 spiro atoms. The number of fused-ring (bicyclic) bond motifs is 5. The van der Waals surface area contributed by atoms with Gasteiger partial charge in [-0.05, 0) is 49.2 Å². The summed E-state index contributed by atoms with van der Waals surface area (Å²) < 4.78 is 4.84. The number of carbonyl (C=O) groups is 4. The molecule has 0 heterocycles. The van der Waals surface area contributed by atoms with Crippen molar-refractivity contribution < 1.29 is 34.1 Å². The fourth-order valence-corrected chi connectivity index (χ4v) is 7.19. The molecule has 4 rings (SSSR count). The molecule has 0 aliphatic heterocycles. The Balaban J connectivity index is 1.70. The average molecular weight is 418 g/mol. The predicted molar refractivity (Wildman–Crippen MR) is 105 cm³/mol. The Labute approximate surface area is 175 Å². The summed E-state index contributed by atoms with van der Waals surface area (Å²) in [7, 11) is 0. The third kappa shape index (κ3) is 2.78. The minimum absolute atomic E-state index is 0.0145. The van der Waals surface area contributed by atoms with Gasteiger partial charge in [0, 0.05) is 36.5 Å². The molecule has 7 atom stereocenters. The maximum Gasteiger partial charge on any atom is 0.303 e. The van der Waals surface area contributed by atoms with Crippen molar-refractivity contribution in [2.24, 2.45) is 28.6 Å². The van der Waals surface area contributed by atoms with Crippen molar-refractivity contribution in [1.82, 2.24) is 0 Å². The van der Waals surface area contributed by atoms with Crippen LogP contribution in [0.4, 0.5) is 0 Å². The lowest BCUT2D eigenvalue weighted by atomic mass is 9.45.